The Labute approximate surface area is 409 Å². The number of allylic oxidation sites excluding steroid dienone is 4. The van der Waals surface area contributed by atoms with Gasteiger partial charge in [0, 0.05) is 0 Å². The van der Waals surface area contributed by atoms with Gasteiger partial charge in [-0.1, -0.05) is 92.5 Å². The standard InChI is InChI=1S/C30H52O4.C30H52O3/c1-18(2)10-9-13-30(8,34)19-11-15-28(6)24(19)20(31)16-22-27(5)14-12-23(33)26(3,4)25(27)21(32)17-29(22,28)7;1-19(2)10-9-14-30(8,33)20-11-16-29(7)25(20)21(31)18-23-27(5)15-13-24(32)26(3,4)22(27)12-17-28(23,29)6/h10,19-25,31-34H,9,11-17H2,1-8H3;10,20-25,31-33H,9,11-18H2,1-8H3/t19?,20?,21?,22?,23?,24?,25?,27?,28-,29?,30?;20?,21?,22?,23?,24?,25?,27?,28?,29-,30?/m11/s1. The molecule has 0 radical (unpaired) electrons. The molecule has 0 spiro atoms. The Bertz CT molecular complexity index is 1860. The van der Waals surface area contributed by atoms with Gasteiger partial charge in [-0.25, -0.2) is 0 Å². The van der Waals surface area contributed by atoms with Crippen LogP contribution in [0.4, 0.5) is 0 Å². The molecule has 0 aliphatic heterocycles. The van der Waals surface area contributed by atoms with Crippen molar-refractivity contribution in [1.29, 1.82) is 0 Å². The molecular weight excluding hydrogens is 833 g/mol. The molecule has 0 heterocycles. The molecule has 8 fully saturated rings. The zero-order chi connectivity index (χ0) is 50.1. The third kappa shape index (κ3) is 8.20. The lowest BCUT2D eigenvalue weighted by Crippen LogP contribution is -2.69. The molecule has 0 aromatic rings. The zero-order valence-electron chi connectivity index (χ0n) is 45.8. The van der Waals surface area contributed by atoms with Crippen molar-refractivity contribution in [2.75, 3.05) is 0 Å². The summed E-state index contributed by atoms with van der Waals surface area (Å²) in [7, 11) is 0. The summed E-state index contributed by atoms with van der Waals surface area (Å²) in [5, 5.41) is 80.2. The van der Waals surface area contributed by atoms with Gasteiger partial charge in [0.2, 0.25) is 0 Å². The summed E-state index contributed by atoms with van der Waals surface area (Å²) in [6, 6.07) is 0. The van der Waals surface area contributed by atoms with Crippen LogP contribution >= 0.6 is 0 Å². The Hall–Kier alpha value is -0.800. The maximum absolute atomic E-state index is 11.8. The second-order valence-electron chi connectivity index (χ2n) is 29.2. The van der Waals surface area contributed by atoms with Gasteiger partial charge in [-0.2, -0.15) is 0 Å². The van der Waals surface area contributed by atoms with Crippen LogP contribution in [-0.4, -0.2) is 77.5 Å². The monoisotopic (exact) mass is 937 g/mol. The fraction of sp³-hybridized carbons (Fsp3) is 0.933. The van der Waals surface area contributed by atoms with Gasteiger partial charge >= 0.3 is 0 Å². The van der Waals surface area contributed by atoms with Gasteiger partial charge in [-0.3, -0.25) is 0 Å². The lowest BCUT2D eigenvalue weighted by Gasteiger charge is -2.71. The first-order valence-corrected chi connectivity index (χ1v) is 27.8. The van der Waals surface area contributed by atoms with Crippen LogP contribution < -0.4 is 0 Å². The zero-order valence-corrected chi connectivity index (χ0v) is 45.8. The summed E-state index contributed by atoms with van der Waals surface area (Å²) in [5.41, 5.74) is 0.655. The molecule has 19 unspecified atom stereocenters. The van der Waals surface area contributed by atoms with E-state index < -0.39 is 29.5 Å². The second kappa shape index (κ2) is 17.7. The van der Waals surface area contributed by atoms with E-state index in [1.54, 1.807) is 0 Å². The SMILES string of the molecule is CC(C)=CCCC(C)(O)C1CC[C@]2(C)C1C(O)CC1C3(C)CCC(O)C(C)(C)C3C(O)CC12C.CC(C)=CCCC(C)(O)C1CC[C@]2(C)C1C(O)CC1C3(C)CCC(O)C(C)(C)C3CCC12C. The molecule has 0 amide bonds. The molecule has 8 aliphatic carbocycles. The Kier molecular flexibility index (Phi) is 14.3. The van der Waals surface area contributed by atoms with Gasteiger partial charge in [0.1, 0.15) is 0 Å². The fourth-order valence-electron chi connectivity index (χ4n) is 20.8. The van der Waals surface area contributed by atoms with Crippen LogP contribution in [-0.2, 0) is 0 Å². The van der Waals surface area contributed by atoms with E-state index >= 15 is 0 Å². The molecule has 0 bridgehead atoms. The number of aliphatic hydroxyl groups is 7. The van der Waals surface area contributed by atoms with Crippen molar-refractivity contribution < 1.29 is 35.7 Å². The van der Waals surface area contributed by atoms with E-state index in [0.717, 1.165) is 96.3 Å². The highest BCUT2D eigenvalue weighted by Gasteiger charge is 2.74. The molecule has 21 atom stereocenters. The van der Waals surface area contributed by atoms with E-state index in [9.17, 15) is 35.7 Å². The molecule has 8 aliphatic rings. The van der Waals surface area contributed by atoms with Crippen molar-refractivity contribution >= 4 is 0 Å². The second-order valence-corrected chi connectivity index (χ2v) is 29.2. The smallest absolute Gasteiger partial charge is 0.0654 e. The van der Waals surface area contributed by atoms with Crippen LogP contribution in [0.1, 0.15) is 220 Å². The molecule has 0 saturated heterocycles. The van der Waals surface area contributed by atoms with Crippen molar-refractivity contribution in [1.82, 2.24) is 0 Å². The lowest BCUT2D eigenvalue weighted by molar-refractivity contribution is -0.274. The highest BCUT2D eigenvalue weighted by atomic mass is 16.3. The molecule has 386 valence electrons. The highest BCUT2D eigenvalue weighted by Crippen LogP contribution is 2.78. The number of fused-ring (bicyclic) bond motifs is 10. The van der Waals surface area contributed by atoms with E-state index in [1.807, 2.05) is 13.8 Å². The average Bonchev–Trinajstić information content (AvgIpc) is 3.78. The Balaban J connectivity index is 0.000000199. The normalized spacial score (nSPS) is 51.1. The maximum atomic E-state index is 11.8. The molecule has 0 aromatic heterocycles. The first-order chi connectivity index (χ1) is 30.6. The topological polar surface area (TPSA) is 142 Å². The minimum Gasteiger partial charge on any atom is -0.393 e. The van der Waals surface area contributed by atoms with Crippen molar-refractivity contribution in [3.63, 3.8) is 0 Å². The van der Waals surface area contributed by atoms with Gasteiger partial charge in [-0.05, 0) is 241 Å². The molecule has 0 aromatic carbocycles. The van der Waals surface area contributed by atoms with Gasteiger partial charge in [0.05, 0.1) is 41.7 Å². The Morgan fingerprint density at radius 1 is 0.478 bits per heavy atom. The van der Waals surface area contributed by atoms with Crippen molar-refractivity contribution in [2.45, 2.75) is 262 Å². The van der Waals surface area contributed by atoms with E-state index in [4.69, 9.17) is 0 Å². The Morgan fingerprint density at radius 3 is 1.34 bits per heavy atom. The minimum absolute atomic E-state index is 0.0264. The van der Waals surface area contributed by atoms with E-state index in [-0.39, 0.29) is 85.1 Å². The molecular formula is C60H104O7. The lowest BCUT2D eigenvalue weighted by atomic mass is 9.34. The molecule has 7 N–H and O–H groups in total. The molecule has 8 saturated carbocycles. The van der Waals surface area contributed by atoms with Crippen molar-refractivity contribution in [3.05, 3.63) is 23.3 Å². The third-order valence-corrected chi connectivity index (χ3v) is 24.6. The molecule has 7 heteroatoms. The van der Waals surface area contributed by atoms with E-state index in [0.29, 0.717) is 17.8 Å². The van der Waals surface area contributed by atoms with E-state index in [2.05, 4.69) is 109 Å². The third-order valence-electron chi connectivity index (χ3n) is 24.6. The van der Waals surface area contributed by atoms with Gasteiger partial charge < -0.3 is 35.7 Å². The summed E-state index contributed by atoms with van der Waals surface area (Å²) >= 11 is 0. The van der Waals surface area contributed by atoms with Crippen LogP contribution in [0.15, 0.2) is 23.3 Å². The Morgan fingerprint density at radius 2 is 0.881 bits per heavy atom. The van der Waals surface area contributed by atoms with Gasteiger partial charge in [0.15, 0.2) is 0 Å². The number of hydrogen-bond acceptors (Lipinski definition) is 7. The largest absolute Gasteiger partial charge is 0.393 e. The van der Waals surface area contributed by atoms with Crippen LogP contribution in [0.25, 0.3) is 0 Å². The first kappa shape index (κ1) is 54.0. The van der Waals surface area contributed by atoms with Crippen LogP contribution in [0.2, 0.25) is 0 Å². The molecule has 8 rings (SSSR count). The quantitative estimate of drug-likeness (QED) is 0.120. The van der Waals surface area contributed by atoms with Crippen LogP contribution in [0.5, 0.6) is 0 Å². The van der Waals surface area contributed by atoms with Gasteiger partial charge in [0.25, 0.3) is 0 Å². The van der Waals surface area contributed by atoms with Crippen molar-refractivity contribution in [3.8, 4) is 0 Å². The summed E-state index contributed by atoms with van der Waals surface area (Å²) in [6.45, 7) is 35.9. The summed E-state index contributed by atoms with van der Waals surface area (Å²) < 4.78 is 0. The van der Waals surface area contributed by atoms with Gasteiger partial charge in [-0.15, -0.1) is 0 Å². The average molecular weight is 937 g/mol. The summed E-state index contributed by atoms with van der Waals surface area (Å²) in [4.78, 5) is 0. The number of rotatable bonds is 8. The van der Waals surface area contributed by atoms with Crippen molar-refractivity contribution in [2.24, 2.45) is 90.7 Å². The maximum Gasteiger partial charge on any atom is 0.0654 e. The first-order valence-electron chi connectivity index (χ1n) is 27.8. The predicted octanol–water partition coefficient (Wildman–Crippen LogP) is 12.0. The summed E-state index contributed by atoms with van der Waals surface area (Å²) in [5.74, 6) is 1.75. The fourth-order valence-corrected chi connectivity index (χ4v) is 20.8. The highest BCUT2D eigenvalue weighted by molar-refractivity contribution is 5.23. The molecule has 67 heavy (non-hydrogen) atoms. The summed E-state index contributed by atoms with van der Waals surface area (Å²) in [6.07, 6.45) is 18.2. The number of hydrogen-bond donors (Lipinski definition) is 7. The minimum atomic E-state index is -0.810. The number of aliphatic hydroxyl groups excluding tert-OH is 5. The van der Waals surface area contributed by atoms with Crippen LogP contribution in [0, 0.1) is 90.7 Å². The predicted molar refractivity (Wildman–Crippen MR) is 273 cm³/mol. The van der Waals surface area contributed by atoms with Crippen LogP contribution in [0.3, 0.4) is 0 Å². The molecule has 7 nitrogen and oxygen atoms in total. The van der Waals surface area contributed by atoms with E-state index in [1.165, 1.54) is 24.0 Å².